The van der Waals surface area contributed by atoms with Crippen LogP contribution in [0, 0.1) is 5.92 Å². The summed E-state index contributed by atoms with van der Waals surface area (Å²) in [5.41, 5.74) is 5.48. The van der Waals surface area contributed by atoms with Gasteiger partial charge in [0.25, 0.3) is 0 Å². The summed E-state index contributed by atoms with van der Waals surface area (Å²) in [7, 11) is 0. The molecular formula is C9H16INO2. The third-order valence-corrected chi connectivity index (χ3v) is 3.93. The molecule has 1 rings (SSSR count). The monoisotopic (exact) mass is 297 g/mol. The van der Waals surface area contributed by atoms with E-state index in [-0.39, 0.29) is 0 Å². The fourth-order valence-electron chi connectivity index (χ4n) is 1.82. The minimum atomic E-state index is -0.864. The molecule has 0 amide bonds. The van der Waals surface area contributed by atoms with Gasteiger partial charge in [-0.25, -0.2) is 0 Å². The van der Waals surface area contributed by atoms with Gasteiger partial charge in [-0.3, -0.25) is 4.79 Å². The second-order valence-electron chi connectivity index (χ2n) is 3.80. The van der Waals surface area contributed by atoms with Crippen molar-refractivity contribution >= 4 is 28.6 Å². The van der Waals surface area contributed by atoms with Crippen LogP contribution in [-0.2, 0) is 4.79 Å². The Kier molecular flexibility index (Phi) is 4.45. The highest BCUT2D eigenvalue weighted by atomic mass is 127. The standard InChI is InChI=1S/C9H16INO2/c10-7-3-1-6(2-4-7)5-8(11)9(12)13/h6-8H,1-5,11H2,(H,12,13). The molecule has 76 valence electrons. The van der Waals surface area contributed by atoms with E-state index in [1.54, 1.807) is 0 Å². The number of alkyl halides is 1. The molecule has 4 heteroatoms. The van der Waals surface area contributed by atoms with Crippen LogP contribution in [0.15, 0.2) is 0 Å². The molecule has 1 aliphatic carbocycles. The first-order valence-electron chi connectivity index (χ1n) is 4.72. The molecule has 0 saturated heterocycles. The summed E-state index contributed by atoms with van der Waals surface area (Å²) in [5.74, 6) is -0.325. The second kappa shape index (κ2) is 5.14. The Morgan fingerprint density at radius 3 is 2.46 bits per heavy atom. The third-order valence-electron chi connectivity index (χ3n) is 2.68. The fourth-order valence-corrected chi connectivity index (χ4v) is 2.54. The lowest BCUT2D eigenvalue weighted by molar-refractivity contribution is -0.139. The molecule has 13 heavy (non-hydrogen) atoms. The molecule has 1 saturated carbocycles. The second-order valence-corrected chi connectivity index (χ2v) is 5.56. The lowest BCUT2D eigenvalue weighted by atomic mass is 9.85. The molecule has 1 aliphatic rings. The van der Waals surface area contributed by atoms with E-state index in [0.717, 1.165) is 16.8 Å². The van der Waals surface area contributed by atoms with Crippen LogP contribution in [0.1, 0.15) is 32.1 Å². The Bertz CT molecular complexity index is 178. The number of rotatable bonds is 3. The van der Waals surface area contributed by atoms with E-state index < -0.39 is 12.0 Å². The minimum absolute atomic E-state index is 0.539. The Labute approximate surface area is 92.2 Å². The molecular weight excluding hydrogens is 281 g/mol. The molecule has 0 aromatic rings. The zero-order chi connectivity index (χ0) is 9.84. The maximum atomic E-state index is 10.5. The summed E-state index contributed by atoms with van der Waals surface area (Å²) in [6.07, 6.45) is 5.39. The molecule has 3 N–H and O–H groups in total. The Hall–Kier alpha value is 0.160. The van der Waals surface area contributed by atoms with Crippen molar-refractivity contribution in [3.05, 3.63) is 0 Å². The van der Waals surface area contributed by atoms with Gasteiger partial charge in [-0.05, 0) is 38.0 Å². The highest BCUT2D eigenvalue weighted by molar-refractivity contribution is 14.1. The van der Waals surface area contributed by atoms with E-state index in [0.29, 0.717) is 12.3 Å². The summed E-state index contributed by atoms with van der Waals surface area (Å²) in [5, 5.41) is 8.64. The van der Waals surface area contributed by atoms with Crippen LogP contribution < -0.4 is 5.73 Å². The predicted octanol–water partition coefficient (Wildman–Crippen LogP) is 1.78. The molecule has 0 radical (unpaired) electrons. The number of hydrogen-bond donors (Lipinski definition) is 2. The molecule has 1 fully saturated rings. The van der Waals surface area contributed by atoms with E-state index >= 15 is 0 Å². The first-order chi connectivity index (χ1) is 6.09. The quantitative estimate of drug-likeness (QED) is 0.616. The number of carboxylic acid groups (broad SMARTS) is 1. The van der Waals surface area contributed by atoms with Crippen LogP contribution in [-0.4, -0.2) is 21.0 Å². The van der Waals surface area contributed by atoms with Crippen LogP contribution in [0.25, 0.3) is 0 Å². The van der Waals surface area contributed by atoms with Crippen molar-refractivity contribution in [3.63, 3.8) is 0 Å². The molecule has 0 aromatic heterocycles. The number of halogens is 1. The van der Waals surface area contributed by atoms with Crippen molar-refractivity contribution in [2.24, 2.45) is 11.7 Å². The Morgan fingerprint density at radius 1 is 1.46 bits per heavy atom. The van der Waals surface area contributed by atoms with E-state index in [9.17, 15) is 4.79 Å². The maximum Gasteiger partial charge on any atom is 0.320 e. The first kappa shape index (κ1) is 11.2. The van der Waals surface area contributed by atoms with Crippen LogP contribution in [0.5, 0.6) is 0 Å². The third kappa shape index (κ3) is 3.81. The summed E-state index contributed by atoms with van der Waals surface area (Å²) in [4.78, 5) is 10.5. The van der Waals surface area contributed by atoms with Gasteiger partial charge < -0.3 is 10.8 Å². The predicted molar refractivity (Wildman–Crippen MR) is 60.0 cm³/mol. The Morgan fingerprint density at radius 2 is 2.00 bits per heavy atom. The van der Waals surface area contributed by atoms with E-state index in [2.05, 4.69) is 22.6 Å². The largest absolute Gasteiger partial charge is 0.480 e. The number of hydrogen-bond acceptors (Lipinski definition) is 2. The number of carbonyl (C=O) groups is 1. The maximum absolute atomic E-state index is 10.5. The number of aliphatic carboxylic acids is 1. The molecule has 0 aliphatic heterocycles. The van der Waals surface area contributed by atoms with Crippen molar-refractivity contribution in [2.45, 2.75) is 42.1 Å². The highest BCUT2D eigenvalue weighted by Gasteiger charge is 2.23. The van der Waals surface area contributed by atoms with E-state index in [1.165, 1.54) is 12.8 Å². The molecule has 1 atom stereocenters. The summed E-state index contributed by atoms with van der Waals surface area (Å²) in [6, 6.07) is -0.657. The van der Waals surface area contributed by atoms with Crippen molar-refractivity contribution < 1.29 is 9.90 Å². The summed E-state index contributed by atoms with van der Waals surface area (Å²) in [6.45, 7) is 0. The van der Waals surface area contributed by atoms with Crippen molar-refractivity contribution in [2.75, 3.05) is 0 Å². The van der Waals surface area contributed by atoms with Crippen molar-refractivity contribution in [1.82, 2.24) is 0 Å². The number of nitrogens with two attached hydrogens (primary N) is 1. The Balaban J connectivity index is 2.26. The van der Waals surface area contributed by atoms with Crippen LogP contribution in [0.4, 0.5) is 0 Å². The lowest BCUT2D eigenvalue weighted by Gasteiger charge is -2.26. The van der Waals surface area contributed by atoms with Gasteiger partial charge in [0.15, 0.2) is 0 Å². The van der Waals surface area contributed by atoms with Gasteiger partial charge in [-0.1, -0.05) is 22.6 Å². The number of carboxylic acids is 1. The molecule has 0 spiro atoms. The van der Waals surface area contributed by atoms with Gasteiger partial charge in [0.2, 0.25) is 0 Å². The van der Waals surface area contributed by atoms with Gasteiger partial charge in [0.1, 0.15) is 6.04 Å². The minimum Gasteiger partial charge on any atom is -0.480 e. The van der Waals surface area contributed by atoms with Crippen molar-refractivity contribution in [1.29, 1.82) is 0 Å². The lowest BCUT2D eigenvalue weighted by Crippen LogP contribution is -2.33. The average molecular weight is 297 g/mol. The van der Waals surface area contributed by atoms with Gasteiger partial charge >= 0.3 is 5.97 Å². The molecule has 0 heterocycles. The first-order valence-corrected chi connectivity index (χ1v) is 5.96. The van der Waals surface area contributed by atoms with E-state index in [1.807, 2.05) is 0 Å². The molecule has 0 aromatic carbocycles. The van der Waals surface area contributed by atoms with E-state index in [4.69, 9.17) is 10.8 Å². The fraction of sp³-hybridized carbons (Fsp3) is 0.889. The SMILES string of the molecule is NC(CC1CCC(I)CC1)C(=O)O. The summed E-state index contributed by atoms with van der Waals surface area (Å²) < 4.78 is 0.787. The average Bonchev–Trinajstić information content (AvgIpc) is 2.08. The van der Waals surface area contributed by atoms with Gasteiger partial charge in [-0.15, -0.1) is 0 Å². The molecule has 3 nitrogen and oxygen atoms in total. The van der Waals surface area contributed by atoms with Gasteiger partial charge in [-0.2, -0.15) is 0 Å². The topological polar surface area (TPSA) is 63.3 Å². The molecule has 1 unspecified atom stereocenters. The van der Waals surface area contributed by atoms with Crippen LogP contribution in [0.3, 0.4) is 0 Å². The normalized spacial score (nSPS) is 31.2. The van der Waals surface area contributed by atoms with Crippen LogP contribution >= 0.6 is 22.6 Å². The zero-order valence-corrected chi connectivity index (χ0v) is 9.74. The highest BCUT2D eigenvalue weighted by Crippen LogP contribution is 2.31. The smallest absolute Gasteiger partial charge is 0.320 e. The van der Waals surface area contributed by atoms with Crippen molar-refractivity contribution in [3.8, 4) is 0 Å². The zero-order valence-electron chi connectivity index (χ0n) is 7.58. The van der Waals surface area contributed by atoms with Gasteiger partial charge in [0, 0.05) is 3.92 Å². The van der Waals surface area contributed by atoms with Crippen LogP contribution in [0.2, 0.25) is 0 Å². The van der Waals surface area contributed by atoms with Gasteiger partial charge in [0.05, 0.1) is 0 Å². The molecule has 0 bridgehead atoms. The summed E-state index contributed by atoms with van der Waals surface area (Å²) >= 11 is 2.47.